The average Bonchev–Trinajstić information content (AvgIpc) is 2.36. The summed E-state index contributed by atoms with van der Waals surface area (Å²) in [6.07, 6.45) is 0.447. The van der Waals surface area contributed by atoms with Gasteiger partial charge in [-0.15, -0.1) is 0 Å². The maximum atomic E-state index is 9.85. The van der Waals surface area contributed by atoms with Gasteiger partial charge in [0.2, 0.25) is 0 Å². The Labute approximate surface area is 110 Å². The van der Waals surface area contributed by atoms with Gasteiger partial charge in [0.1, 0.15) is 0 Å². The third kappa shape index (κ3) is 2.83. The summed E-state index contributed by atoms with van der Waals surface area (Å²) in [4.78, 5) is 2.13. The summed E-state index contributed by atoms with van der Waals surface area (Å²) in [7, 11) is 2.01. The van der Waals surface area contributed by atoms with E-state index in [1.807, 2.05) is 19.2 Å². The highest BCUT2D eigenvalue weighted by molar-refractivity contribution is 5.59. The van der Waals surface area contributed by atoms with Crippen LogP contribution in [-0.4, -0.2) is 17.7 Å². The van der Waals surface area contributed by atoms with Crippen molar-refractivity contribution in [3.63, 3.8) is 0 Å². The predicted molar refractivity (Wildman–Crippen MR) is 74.6 cm³/mol. The monoisotopic (exact) mass is 246 g/mol. The van der Waals surface area contributed by atoms with Crippen molar-refractivity contribution in [3.05, 3.63) is 29.3 Å². The van der Waals surface area contributed by atoms with Gasteiger partial charge in [-0.3, -0.25) is 0 Å². The van der Waals surface area contributed by atoms with Crippen LogP contribution < -0.4 is 4.90 Å². The van der Waals surface area contributed by atoms with Crippen molar-refractivity contribution in [1.29, 1.82) is 5.26 Å². The Morgan fingerprint density at radius 1 is 1.44 bits per heavy atom. The molecule has 3 heteroatoms. The molecule has 3 nitrogen and oxygen atoms in total. The van der Waals surface area contributed by atoms with E-state index < -0.39 is 6.10 Å². The van der Waals surface area contributed by atoms with Crippen molar-refractivity contribution in [3.8, 4) is 6.07 Å². The summed E-state index contributed by atoms with van der Waals surface area (Å²) in [5.74, 6) is 0. The van der Waals surface area contributed by atoms with Crippen LogP contribution >= 0.6 is 0 Å². The van der Waals surface area contributed by atoms with Crippen LogP contribution in [0.5, 0.6) is 0 Å². The molecule has 0 fully saturated rings. The first-order valence-electron chi connectivity index (χ1n) is 6.29. The summed E-state index contributed by atoms with van der Waals surface area (Å²) in [6.45, 7) is 8.18. The summed E-state index contributed by atoms with van der Waals surface area (Å²) in [5.41, 5.74) is 2.39. The molecule has 0 aliphatic heterocycles. The first kappa shape index (κ1) is 14.5. The SMILES string of the molecule is CCC(C)(C)N(C)c1cc(C#N)ccc1[C@H](C)O. The Hall–Kier alpha value is -1.53. The highest BCUT2D eigenvalue weighted by Crippen LogP contribution is 2.32. The Morgan fingerprint density at radius 3 is 2.50 bits per heavy atom. The van der Waals surface area contributed by atoms with Gasteiger partial charge in [-0.1, -0.05) is 13.0 Å². The lowest BCUT2D eigenvalue weighted by Gasteiger charge is -2.38. The standard InChI is InChI=1S/C15H22N2O/c1-6-15(3,4)17(5)14-9-12(10-16)7-8-13(14)11(2)18/h7-9,11,18H,6H2,1-5H3/t11-/m0/s1. The van der Waals surface area contributed by atoms with E-state index in [-0.39, 0.29) is 5.54 Å². The van der Waals surface area contributed by atoms with Crippen LogP contribution in [0.4, 0.5) is 5.69 Å². The fraction of sp³-hybridized carbons (Fsp3) is 0.533. The molecule has 0 amide bonds. The van der Waals surface area contributed by atoms with Gasteiger partial charge in [-0.05, 0) is 39.3 Å². The van der Waals surface area contributed by atoms with Crippen LogP contribution in [-0.2, 0) is 0 Å². The molecule has 98 valence electrons. The molecule has 1 atom stereocenters. The summed E-state index contributed by atoms with van der Waals surface area (Å²) in [6, 6.07) is 7.58. The van der Waals surface area contributed by atoms with E-state index in [2.05, 4.69) is 31.7 Å². The largest absolute Gasteiger partial charge is 0.389 e. The quantitative estimate of drug-likeness (QED) is 0.887. The van der Waals surface area contributed by atoms with Gasteiger partial charge in [0.25, 0.3) is 0 Å². The zero-order valence-corrected chi connectivity index (χ0v) is 11.9. The van der Waals surface area contributed by atoms with Crippen LogP contribution in [0.15, 0.2) is 18.2 Å². The fourth-order valence-corrected chi connectivity index (χ4v) is 1.82. The third-order valence-corrected chi connectivity index (χ3v) is 3.74. The number of nitriles is 1. The van der Waals surface area contributed by atoms with Crippen molar-refractivity contribution < 1.29 is 5.11 Å². The van der Waals surface area contributed by atoms with Crippen molar-refractivity contribution in [2.45, 2.75) is 45.8 Å². The molecule has 0 saturated heterocycles. The number of anilines is 1. The maximum Gasteiger partial charge on any atom is 0.0992 e. The van der Waals surface area contributed by atoms with Gasteiger partial charge >= 0.3 is 0 Å². The lowest BCUT2D eigenvalue weighted by molar-refractivity contribution is 0.199. The Morgan fingerprint density at radius 2 is 2.06 bits per heavy atom. The van der Waals surface area contributed by atoms with Crippen LogP contribution in [0.2, 0.25) is 0 Å². The summed E-state index contributed by atoms with van der Waals surface area (Å²) >= 11 is 0. The second-order valence-electron chi connectivity index (χ2n) is 5.29. The topological polar surface area (TPSA) is 47.3 Å². The van der Waals surface area contributed by atoms with Gasteiger partial charge in [-0.25, -0.2) is 0 Å². The molecule has 1 aromatic rings. The normalized spacial score (nSPS) is 12.9. The first-order valence-corrected chi connectivity index (χ1v) is 6.29. The molecular formula is C15H22N2O. The Balaban J connectivity index is 3.32. The molecule has 1 rings (SSSR count). The highest BCUT2D eigenvalue weighted by Gasteiger charge is 2.24. The minimum atomic E-state index is -0.539. The van der Waals surface area contributed by atoms with E-state index in [1.54, 1.807) is 13.0 Å². The lowest BCUT2D eigenvalue weighted by atomic mass is 9.96. The second kappa shape index (κ2) is 5.41. The predicted octanol–water partition coefficient (Wildman–Crippen LogP) is 3.24. The minimum absolute atomic E-state index is 0.0162. The summed E-state index contributed by atoms with van der Waals surface area (Å²) in [5, 5.41) is 18.8. The number of benzene rings is 1. The summed E-state index contributed by atoms with van der Waals surface area (Å²) < 4.78 is 0. The van der Waals surface area contributed by atoms with Gasteiger partial charge < -0.3 is 10.0 Å². The van der Waals surface area contributed by atoms with Crippen LogP contribution in [0.25, 0.3) is 0 Å². The Bertz CT molecular complexity index is 458. The van der Waals surface area contributed by atoms with E-state index in [9.17, 15) is 5.11 Å². The van der Waals surface area contributed by atoms with Gasteiger partial charge in [0, 0.05) is 23.8 Å². The van der Waals surface area contributed by atoms with Crippen molar-refractivity contribution >= 4 is 5.69 Å². The van der Waals surface area contributed by atoms with Gasteiger partial charge in [0.15, 0.2) is 0 Å². The smallest absolute Gasteiger partial charge is 0.0992 e. The van der Waals surface area contributed by atoms with Crippen molar-refractivity contribution in [1.82, 2.24) is 0 Å². The number of aliphatic hydroxyl groups excluding tert-OH is 1. The molecule has 0 spiro atoms. The molecule has 0 bridgehead atoms. The molecule has 0 unspecified atom stereocenters. The second-order valence-corrected chi connectivity index (χ2v) is 5.29. The minimum Gasteiger partial charge on any atom is -0.389 e. The molecule has 0 saturated carbocycles. The number of hydrogen-bond acceptors (Lipinski definition) is 3. The average molecular weight is 246 g/mol. The van der Waals surface area contributed by atoms with Crippen LogP contribution in [0.1, 0.15) is 51.3 Å². The molecular weight excluding hydrogens is 224 g/mol. The molecule has 0 heterocycles. The van der Waals surface area contributed by atoms with Gasteiger partial charge in [0.05, 0.1) is 17.7 Å². The van der Waals surface area contributed by atoms with E-state index in [0.717, 1.165) is 17.7 Å². The molecule has 1 N–H and O–H groups in total. The number of nitrogens with zero attached hydrogens (tertiary/aromatic N) is 2. The Kier molecular flexibility index (Phi) is 4.37. The number of rotatable bonds is 4. The molecule has 0 aliphatic rings. The van der Waals surface area contributed by atoms with Crippen LogP contribution in [0.3, 0.4) is 0 Å². The van der Waals surface area contributed by atoms with E-state index in [1.165, 1.54) is 0 Å². The number of aliphatic hydroxyl groups is 1. The third-order valence-electron chi connectivity index (χ3n) is 3.74. The highest BCUT2D eigenvalue weighted by atomic mass is 16.3. The molecule has 0 aliphatic carbocycles. The molecule has 0 aromatic heterocycles. The lowest BCUT2D eigenvalue weighted by Crippen LogP contribution is -2.41. The van der Waals surface area contributed by atoms with Gasteiger partial charge in [-0.2, -0.15) is 5.26 Å². The zero-order chi connectivity index (χ0) is 13.9. The maximum absolute atomic E-state index is 9.85. The van der Waals surface area contributed by atoms with E-state index >= 15 is 0 Å². The zero-order valence-electron chi connectivity index (χ0n) is 11.9. The van der Waals surface area contributed by atoms with Crippen LogP contribution in [0, 0.1) is 11.3 Å². The molecule has 18 heavy (non-hydrogen) atoms. The fourth-order valence-electron chi connectivity index (χ4n) is 1.82. The van der Waals surface area contributed by atoms with Crippen molar-refractivity contribution in [2.24, 2.45) is 0 Å². The van der Waals surface area contributed by atoms with E-state index in [0.29, 0.717) is 5.56 Å². The van der Waals surface area contributed by atoms with E-state index in [4.69, 9.17) is 5.26 Å². The number of hydrogen-bond donors (Lipinski definition) is 1. The van der Waals surface area contributed by atoms with Crippen molar-refractivity contribution in [2.75, 3.05) is 11.9 Å². The molecule has 1 aromatic carbocycles. The first-order chi connectivity index (χ1) is 8.33. The molecule has 0 radical (unpaired) electrons.